The van der Waals surface area contributed by atoms with E-state index in [0.29, 0.717) is 6.04 Å². The molecule has 0 heterocycles. The Bertz CT molecular complexity index is 95.0. The van der Waals surface area contributed by atoms with Crippen LogP contribution >= 0.6 is 0 Å². The number of hydrogen-bond acceptors (Lipinski definition) is 1. The van der Waals surface area contributed by atoms with Crippen molar-refractivity contribution in [2.75, 3.05) is 0 Å². The lowest BCUT2D eigenvalue weighted by Gasteiger charge is -2.17. The zero-order valence-electron chi connectivity index (χ0n) is 7.68. The van der Waals surface area contributed by atoms with E-state index in [1.54, 1.807) is 0 Å². The predicted octanol–water partition coefficient (Wildman–Crippen LogP) is 2.69. The maximum atomic E-state index is 6.07. The third-order valence-corrected chi connectivity index (χ3v) is 2.90. The molecule has 66 valence electrons. The lowest BCUT2D eigenvalue weighted by atomic mass is 9.95. The molecule has 1 rings (SSSR count). The van der Waals surface area contributed by atoms with Gasteiger partial charge in [0.15, 0.2) is 0 Å². The molecule has 1 atom stereocenters. The maximum Gasteiger partial charge on any atom is 0.00671 e. The molecular formula is C10H21N. The SMILES string of the molecule is CCCC[C@H](N)C1CCCC1. The quantitative estimate of drug-likeness (QED) is 0.663. The summed E-state index contributed by atoms with van der Waals surface area (Å²) in [6, 6.07) is 0.512. The second-order valence-electron chi connectivity index (χ2n) is 3.85. The number of hydrogen-bond donors (Lipinski definition) is 1. The van der Waals surface area contributed by atoms with E-state index in [1.807, 2.05) is 0 Å². The summed E-state index contributed by atoms with van der Waals surface area (Å²) in [6.45, 7) is 2.24. The van der Waals surface area contributed by atoms with Crippen molar-refractivity contribution < 1.29 is 0 Å². The van der Waals surface area contributed by atoms with Gasteiger partial charge in [-0.1, -0.05) is 32.6 Å². The first-order chi connectivity index (χ1) is 5.34. The zero-order chi connectivity index (χ0) is 8.10. The minimum Gasteiger partial charge on any atom is -0.327 e. The Kier molecular flexibility index (Phi) is 3.92. The van der Waals surface area contributed by atoms with Gasteiger partial charge < -0.3 is 5.73 Å². The highest BCUT2D eigenvalue weighted by Gasteiger charge is 2.20. The van der Waals surface area contributed by atoms with Gasteiger partial charge in [0.1, 0.15) is 0 Å². The highest BCUT2D eigenvalue weighted by atomic mass is 14.6. The highest BCUT2D eigenvalue weighted by molar-refractivity contribution is 4.77. The van der Waals surface area contributed by atoms with Gasteiger partial charge in [0.2, 0.25) is 0 Å². The third kappa shape index (κ3) is 2.82. The Balaban J connectivity index is 2.12. The van der Waals surface area contributed by atoms with E-state index in [0.717, 1.165) is 5.92 Å². The van der Waals surface area contributed by atoms with Gasteiger partial charge in [-0.25, -0.2) is 0 Å². The minimum absolute atomic E-state index is 0.512. The fraction of sp³-hybridized carbons (Fsp3) is 1.00. The standard InChI is InChI=1S/C10H21N/c1-2-3-8-10(11)9-6-4-5-7-9/h9-10H,2-8,11H2,1H3/t10-/m0/s1. The van der Waals surface area contributed by atoms with E-state index in [1.165, 1.54) is 44.9 Å². The molecule has 1 fully saturated rings. The van der Waals surface area contributed by atoms with Crippen LogP contribution in [-0.2, 0) is 0 Å². The molecule has 1 heteroatoms. The summed E-state index contributed by atoms with van der Waals surface area (Å²) in [6.07, 6.45) is 9.49. The molecule has 0 radical (unpaired) electrons. The van der Waals surface area contributed by atoms with Crippen LogP contribution < -0.4 is 5.73 Å². The van der Waals surface area contributed by atoms with Crippen LogP contribution in [0.3, 0.4) is 0 Å². The number of rotatable bonds is 4. The van der Waals surface area contributed by atoms with Crippen LogP contribution in [0.1, 0.15) is 51.9 Å². The molecule has 0 amide bonds. The summed E-state index contributed by atoms with van der Waals surface area (Å²) in [7, 11) is 0. The molecule has 0 unspecified atom stereocenters. The summed E-state index contributed by atoms with van der Waals surface area (Å²) >= 11 is 0. The van der Waals surface area contributed by atoms with E-state index in [-0.39, 0.29) is 0 Å². The average Bonchev–Trinajstić information content (AvgIpc) is 2.52. The van der Waals surface area contributed by atoms with E-state index in [2.05, 4.69) is 6.92 Å². The van der Waals surface area contributed by atoms with Crippen molar-refractivity contribution in [1.82, 2.24) is 0 Å². The molecule has 1 aliphatic carbocycles. The Labute approximate surface area is 70.4 Å². The minimum atomic E-state index is 0.512. The van der Waals surface area contributed by atoms with Crippen LogP contribution in [0.15, 0.2) is 0 Å². The summed E-state index contributed by atoms with van der Waals surface area (Å²) in [5, 5.41) is 0. The molecule has 0 aromatic heterocycles. The predicted molar refractivity (Wildman–Crippen MR) is 49.5 cm³/mol. The Morgan fingerprint density at radius 3 is 2.55 bits per heavy atom. The maximum absolute atomic E-state index is 6.07. The van der Waals surface area contributed by atoms with E-state index >= 15 is 0 Å². The monoisotopic (exact) mass is 155 g/mol. The lowest BCUT2D eigenvalue weighted by molar-refractivity contribution is 0.400. The van der Waals surface area contributed by atoms with Crippen molar-refractivity contribution in [2.24, 2.45) is 11.7 Å². The fourth-order valence-corrected chi connectivity index (χ4v) is 2.06. The number of unbranched alkanes of at least 4 members (excludes halogenated alkanes) is 1. The second-order valence-corrected chi connectivity index (χ2v) is 3.85. The third-order valence-electron chi connectivity index (χ3n) is 2.90. The second kappa shape index (κ2) is 4.76. The van der Waals surface area contributed by atoms with Crippen LogP contribution in [-0.4, -0.2) is 6.04 Å². The molecular weight excluding hydrogens is 134 g/mol. The van der Waals surface area contributed by atoms with Crippen LogP contribution in [0.2, 0.25) is 0 Å². The first-order valence-corrected chi connectivity index (χ1v) is 5.10. The number of nitrogens with two attached hydrogens (primary N) is 1. The molecule has 1 aliphatic rings. The zero-order valence-corrected chi connectivity index (χ0v) is 7.68. The van der Waals surface area contributed by atoms with Gasteiger partial charge >= 0.3 is 0 Å². The smallest absolute Gasteiger partial charge is 0.00671 e. The van der Waals surface area contributed by atoms with Crippen molar-refractivity contribution in [3.63, 3.8) is 0 Å². The molecule has 0 aliphatic heterocycles. The van der Waals surface area contributed by atoms with Gasteiger partial charge in [0, 0.05) is 6.04 Å². The van der Waals surface area contributed by atoms with Gasteiger partial charge in [-0.2, -0.15) is 0 Å². The topological polar surface area (TPSA) is 26.0 Å². The van der Waals surface area contributed by atoms with Crippen LogP contribution in [0.4, 0.5) is 0 Å². The van der Waals surface area contributed by atoms with Crippen LogP contribution in [0, 0.1) is 5.92 Å². The average molecular weight is 155 g/mol. The first-order valence-electron chi connectivity index (χ1n) is 5.10. The summed E-state index contributed by atoms with van der Waals surface area (Å²) < 4.78 is 0. The summed E-state index contributed by atoms with van der Waals surface area (Å²) in [4.78, 5) is 0. The Morgan fingerprint density at radius 2 is 2.00 bits per heavy atom. The van der Waals surface area contributed by atoms with Gasteiger partial charge in [-0.15, -0.1) is 0 Å². The van der Waals surface area contributed by atoms with Crippen LogP contribution in [0.25, 0.3) is 0 Å². The molecule has 11 heavy (non-hydrogen) atoms. The van der Waals surface area contributed by atoms with Crippen molar-refractivity contribution in [3.8, 4) is 0 Å². The van der Waals surface area contributed by atoms with Gasteiger partial charge in [0.05, 0.1) is 0 Å². The van der Waals surface area contributed by atoms with Gasteiger partial charge in [-0.05, 0) is 25.2 Å². The Morgan fingerprint density at radius 1 is 1.36 bits per heavy atom. The summed E-state index contributed by atoms with van der Waals surface area (Å²) in [5.41, 5.74) is 6.07. The molecule has 1 saturated carbocycles. The fourth-order valence-electron chi connectivity index (χ4n) is 2.06. The molecule has 0 spiro atoms. The molecule has 0 bridgehead atoms. The first kappa shape index (κ1) is 9.05. The Hall–Kier alpha value is -0.0400. The van der Waals surface area contributed by atoms with Crippen molar-refractivity contribution in [2.45, 2.75) is 57.9 Å². The molecule has 2 N–H and O–H groups in total. The highest BCUT2D eigenvalue weighted by Crippen LogP contribution is 2.28. The van der Waals surface area contributed by atoms with Crippen molar-refractivity contribution in [1.29, 1.82) is 0 Å². The van der Waals surface area contributed by atoms with E-state index in [4.69, 9.17) is 5.73 Å². The van der Waals surface area contributed by atoms with E-state index in [9.17, 15) is 0 Å². The van der Waals surface area contributed by atoms with Crippen LogP contribution in [0.5, 0.6) is 0 Å². The summed E-state index contributed by atoms with van der Waals surface area (Å²) in [5.74, 6) is 0.863. The lowest BCUT2D eigenvalue weighted by Crippen LogP contribution is -2.27. The molecule has 0 aromatic carbocycles. The largest absolute Gasteiger partial charge is 0.327 e. The van der Waals surface area contributed by atoms with Crippen molar-refractivity contribution >= 4 is 0 Å². The van der Waals surface area contributed by atoms with E-state index < -0.39 is 0 Å². The molecule has 0 aromatic rings. The van der Waals surface area contributed by atoms with Gasteiger partial charge in [0.25, 0.3) is 0 Å². The van der Waals surface area contributed by atoms with Gasteiger partial charge in [-0.3, -0.25) is 0 Å². The molecule has 1 nitrogen and oxygen atoms in total. The molecule has 0 saturated heterocycles. The van der Waals surface area contributed by atoms with Crippen molar-refractivity contribution in [3.05, 3.63) is 0 Å². The normalized spacial score (nSPS) is 22.4.